The fourth-order valence-electron chi connectivity index (χ4n) is 1.76. The lowest BCUT2D eigenvalue weighted by atomic mass is 10.1. The van der Waals surface area contributed by atoms with Crippen LogP contribution in [0.5, 0.6) is 11.5 Å². The van der Waals surface area contributed by atoms with E-state index in [-0.39, 0.29) is 5.75 Å². The summed E-state index contributed by atoms with van der Waals surface area (Å²) in [6.45, 7) is 3.69. The summed E-state index contributed by atoms with van der Waals surface area (Å²) in [7, 11) is 0. The molecule has 3 N–H and O–H groups in total. The van der Waals surface area contributed by atoms with E-state index in [0.717, 1.165) is 16.8 Å². The van der Waals surface area contributed by atoms with Gasteiger partial charge in [-0.15, -0.1) is 0 Å². The van der Waals surface area contributed by atoms with Gasteiger partial charge in [-0.2, -0.15) is 0 Å². The molecule has 3 heteroatoms. The number of rotatable bonds is 2. The summed E-state index contributed by atoms with van der Waals surface area (Å²) < 4.78 is 0. The van der Waals surface area contributed by atoms with Gasteiger partial charge in [0.05, 0.1) is 5.69 Å². The highest BCUT2D eigenvalue weighted by Crippen LogP contribution is 2.30. The van der Waals surface area contributed by atoms with E-state index in [2.05, 4.69) is 5.32 Å². The van der Waals surface area contributed by atoms with Gasteiger partial charge in [0.2, 0.25) is 0 Å². The van der Waals surface area contributed by atoms with Crippen LogP contribution in [0.4, 0.5) is 11.4 Å². The van der Waals surface area contributed by atoms with E-state index in [4.69, 9.17) is 0 Å². The average molecular weight is 229 g/mol. The Morgan fingerprint density at radius 2 is 1.53 bits per heavy atom. The molecule has 2 aromatic rings. The van der Waals surface area contributed by atoms with Gasteiger partial charge in [-0.1, -0.05) is 12.1 Å². The van der Waals surface area contributed by atoms with Crippen molar-refractivity contribution in [1.29, 1.82) is 0 Å². The fraction of sp³-hybridized carbons (Fsp3) is 0.143. The largest absolute Gasteiger partial charge is 0.507 e. The summed E-state index contributed by atoms with van der Waals surface area (Å²) in [5.74, 6) is 0.517. The first-order valence-corrected chi connectivity index (χ1v) is 5.43. The number of hydrogen-bond acceptors (Lipinski definition) is 3. The topological polar surface area (TPSA) is 52.5 Å². The fourth-order valence-corrected chi connectivity index (χ4v) is 1.76. The number of para-hydroxylation sites is 2. The standard InChI is InChI=1S/C14H15NO2/c1-9-7-11(8-10(2)14(9)17)15-12-5-3-4-6-13(12)16/h3-8,15-17H,1-2H3. The van der Waals surface area contributed by atoms with E-state index in [0.29, 0.717) is 11.4 Å². The van der Waals surface area contributed by atoms with Crippen molar-refractivity contribution >= 4 is 11.4 Å². The molecule has 0 aromatic heterocycles. The molecule has 0 amide bonds. The molecule has 2 rings (SSSR count). The lowest BCUT2D eigenvalue weighted by molar-refractivity contribution is 0.467. The Kier molecular flexibility index (Phi) is 2.91. The Morgan fingerprint density at radius 1 is 0.941 bits per heavy atom. The summed E-state index contributed by atoms with van der Waals surface area (Å²) in [4.78, 5) is 0. The Bertz CT molecular complexity index is 527. The van der Waals surface area contributed by atoms with Crippen LogP contribution in [-0.4, -0.2) is 10.2 Å². The van der Waals surface area contributed by atoms with Gasteiger partial charge >= 0.3 is 0 Å². The Hall–Kier alpha value is -2.16. The normalized spacial score (nSPS) is 10.2. The molecular weight excluding hydrogens is 214 g/mol. The van der Waals surface area contributed by atoms with E-state index in [1.54, 1.807) is 18.2 Å². The molecule has 2 aromatic carbocycles. The molecule has 3 nitrogen and oxygen atoms in total. The van der Waals surface area contributed by atoms with Gasteiger partial charge in [0.1, 0.15) is 11.5 Å². The predicted octanol–water partition coefficient (Wildman–Crippen LogP) is 3.46. The highest BCUT2D eigenvalue weighted by Gasteiger charge is 2.05. The Balaban J connectivity index is 2.34. The second-order valence-corrected chi connectivity index (χ2v) is 4.10. The number of aryl methyl sites for hydroxylation is 2. The third-order valence-corrected chi connectivity index (χ3v) is 2.67. The molecule has 0 aliphatic heterocycles. The minimum Gasteiger partial charge on any atom is -0.507 e. The monoisotopic (exact) mass is 229 g/mol. The number of hydrogen-bond donors (Lipinski definition) is 3. The molecule has 0 atom stereocenters. The number of aromatic hydroxyl groups is 2. The van der Waals surface area contributed by atoms with Gasteiger partial charge in [0.15, 0.2) is 0 Å². The minimum atomic E-state index is 0.205. The Labute approximate surface area is 100 Å². The second kappa shape index (κ2) is 4.37. The van der Waals surface area contributed by atoms with Crippen LogP contribution in [0.3, 0.4) is 0 Å². The molecule has 88 valence electrons. The molecule has 0 saturated carbocycles. The SMILES string of the molecule is Cc1cc(Nc2ccccc2O)cc(C)c1O. The molecule has 0 spiro atoms. The van der Waals surface area contributed by atoms with E-state index >= 15 is 0 Å². The average Bonchev–Trinajstić information content (AvgIpc) is 2.29. The molecular formula is C14H15NO2. The van der Waals surface area contributed by atoms with E-state index in [1.165, 1.54) is 0 Å². The smallest absolute Gasteiger partial charge is 0.139 e. The number of phenols is 2. The zero-order chi connectivity index (χ0) is 12.4. The molecule has 0 aliphatic carbocycles. The van der Waals surface area contributed by atoms with Gasteiger partial charge in [0.25, 0.3) is 0 Å². The van der Waals surface area contributed by atoms with Gasteiger partial charge in [0, 0.05) is 5.69 Å². The van der Waals surface area contributed by atoms with Crippen LogP contribution in [0, 0.1) is 13.8 Å². The summed E-state index contributed by atoms with van der Waals surface area (Å²) in [6, 6.07) is 10.7. The molecule has 0 saturated heterocycles. The van der Waals surface area contributed by atoms with Crippen molar-refractivity contribution in [3.05, 3.63) is 47.5 Å². The second-order valence-electron chi connectivity index (χ2n) is 4.10. The van der Waals surface area contributed by atoms with Gasteiger partial charge in [-0.3, -0.25) is 0 Å². The van der Waals surface area contributed by atoms with E-state index in [9.17, 15) is 10.2 Å². The molecule has 0 radical (unpaired) electrons. The number of nitrogens with one attached hydrogen (secondary N) is 1. The zero-order valence-corrected chi connectivity index (χ0v) is 9.86. The minimum absolute atomic E-state index is 0.205. The molecule has 17 heavy (non-hydrogen) atoms. The quantitative estimate of drug-likeness (QED) is 0.546. The third-order valence-electron chi connectivity index (χ3n) is 2.67. The van der Waals surface area contributed by atoms with Crippen molar-refractivity contribution in [3.8, 4) is 11.5 Å². The first kappa shape index (κ1) is 11.3. The Morgan fingerprint density at radius 3 is 2.12 bits per heavy atom. The van der Waals surface area contributed by atoms with Crippen molar-refractivity contribution in [2.75, 3.05) is 5.32 Å². The van der Waals surface area contributed by atoms with Crippen LogP contribution in [-0.2, 0) is 0 Å². The maximum atomic E-state index is 9.67. The van der Waals surface area contributed by atoms with Gasteiger partial charge in [-0.05, 0) is 49.2 Å². The summed E-state index contributed by atoms with van der Waals surface area (Å²) in [6.07, 6.45) is 0. The van der Waals surface area contributed by atoms with Gasteiger partial charge in [-0.25, -0.2) is 0 Å². The first-order chi connectivity index (χ1) is 8.08. The van der Waals surface area contributed by atoms with E-state index < -0.39 is 0 Å². The summed E-state index contributed by atoms with van der Waals surface area (Å²) >= 11 is 0. The molecule has 0 bridgehead atoms. The van der Waals surface area contributed by atoms with Crippen LogP contribution in [0.15, 0.2) is 36.4 Å². The van der Waals surface area contributed by atoms with Crippen LogP contribution in [0.1, 0.15) is 11.1 Å². The maximum Gasteiger partial charge on any atom is 0.139 e. The van der Waals surface area contributed by atoms with Crippen LogP contribution >= 0.6 is 0 Å². The van der Waals surface area contributed by atoms with Crippen molar-refractivity contribution in [2.24, 2.45) is 0 Å². The van der Waals surface area contributed by atoms with Crippen molar-refractivity contribution in [3.63, 3.8) is 0 Å². The van der Waals surface area contributed by atoms with Gasteiger partial charge < -0.3 is 15.5 Å². The van der Waals surface area contributed by atoms with Crippen molar-refractivity contribution in [1.82, 2.24) is 0 Å². The summed E-state index contributed by atoms with van der Waals surface area (Å²) in [5.41, 5.74) is 3.11. The van der Waals surface area contributed by atoms with Crippen LogP contribution in [0.25, 0.3) is 0 Å². The third kappa shape index (κ3) is 2.33. The van der Waals surface area contributed by atoms with E-state index in [1.807, 2.05) is 32.0 Å². The zero-order valence-electron chi connectivity index (χ0n) is 9.86. The molecule has 0 unspecified atom stereocenters. The molecule has 0 fully saturated rings. The molecule has 0 aliphatic rings. The number of anilines is 2. The highest BCUT2D eigenvalue weighted by atomic mass is 16.3. The highest BCUT2D eigenvalue weighted by molar-refractivity contribution is 5.67. The predicted molar refractivity (Wildman–Crippen MR) is 69.0 cm³/mol. The van der Waals surface area contributed by atoms with Crippen molar-refractivity contribution in [2.45, 2.75) is 13.8 Å². The lowest BCUT2D eigenvalue weighted by Gasteiger charge is -2.11. The van der Waals surface area contributed by atoms with Crippen molar-refractivity contribution < 1.29 is 10.2 Å². The number of benzene rings is 2. The lowest BCUT2D eigenvalue weighted by Crippen LogP contribution is -1.92. The number of phenolic OH excluding ortho intramolecular Hbond substituents is 2. The maximum absolute atomic E-state index is 9.67. The van der Waals surface area contributed by atoms with Crippen LogP contribution in [0.2, 0.25) is 0 Å². The summed E-state index contributed by atoms with van der Waals surface area (Å²) in [5, 5.41) is 22.4. The van der Waals surface area contributed by atoms with Crippen LogP contribution < -0.4 is 5.32 Å². The molecule has 0 heterocycles. The first-order valence-electron chi connectivity index (χ1n) is 5.43.